The van der Waals surface area contributed by atoms with Crippen LogP contribution in [0.15, 0.2) is 17.0 Å². The number of benzene rings is 1. The SMILES string of the molecule is CN(CC(F)(F)F)C(=O)c1c(F)ccc(S(N)(=O)=O)c1F. The molecular weight excluding hydrogens is 323 g/mol. The van der Waals surface area contributed by atoms with Crippen LogP contribution in [0.3, 0.4) is 0 Å². The highest BCUT2D eigenvalue weighted by molar-refractivity contribution is 7.89. The summed E-state index contributed by atoms with van der Waals surface area (Å²) in [4.78, 5) is 10.5. The number of sulfonamides is 1. The van der Waals surface area contributed by atoms with Crippen molar-refractivity contribution in [1.82, 2.24) is 4.90 Å². The normalized spacial score (nSPS) is 12.3. The van der Waals surface area contributed by atoms with E-state index in [2.05, 4.69) is 5.14 Å². The molecule has 21 heavy (non-hydrogen) atoms. The zero-order valence-electron chi connectivity index (χ0n) is 10.4. The third kappa shape index (κ3) is 4.11. The molecule has 2 N–H and O–H groups in total. The highest BCUT2D eigenvalue weighted by Gasteiger charge is 2.34. The number of hydrogen-bond donors (Lipinski definition) is 1. The summed E-state index contributed by atoms with van der Waals surface area (Å²) in [7, 11) is -3.94. The molecule has 118 valence electrons. The van der Waals surface area contributed by atoms with E-state index < -0.39 is 50.7 Å². The fraction of sp³-hybridized carbons (Fsp3) is 0.300. The zero-order chi connectivity index (χ0) is 16.6. The van der Waals surface area contributed by atoms with E-state index in [1.165, 1.54) is 0 Å². The number of alkyl halides is 3. The molecular formula is C10H9F5N2O3S. The monoisotopic (exact) mass is 332 g/mol. The minimum Gasteiger partial charge on any atom is -0.332 e. The van der Waals surface area contributed by atoms with Gasteiger partial charge >= 0.3 is 6.18 Å². The maximum Gasteiger partial charge on any atom is 0.406 e. The third-order valence-corrected chi connectivity index (χ3v) is 3.27. The number of halogens is 5. The van der Waals surface area contributed by atoms with Gasteiger partial charge in [-0.25, -0.2) is 22.3 Å². The molecule has 0 aliphatic rings. The Balaban J connectivity index is 3.34. The van der Waals surface area contributed by atoms with Gasteiger partial charge in [0.25, 0.3) is 5.91 Å². The van der Waals surface area contributed by atoms with Crippen LogP contribution in [0.4, 0.5) is 22.0 Å². The van der Waals surface area contributed by atoms with Gasteiger partial charge in [0, 0.05) is 7.05 Å². The number of nitrogens with zero attached hydrogens (tertiary/aromatic N) is 1. The summed E-state index contributed by atoms with van der Waals surface area (Å²) in [6, 6.07) is 0.901. The second kappa shape index (κ2) is 5.56. The molecule has 0 fully saturated rings. The fourth-order valence-electron chi connectivity index (χ4n) is 1.48. The van der Waals surface area contributed by atoms with Crippen molar-refractivity contribution in [2.75, 3.05) is 13.6 Å². The molecule has 0 spiro atoms. The number of carbonyl (C=O) groups excluding carboxylic acids is 1. The van der Waals surface area contributed by atoms with E-state index in [-0.39, 0.29) is 4.90 Å². The highest BCUT2D eigenvalue weighted by Crippen LogP contribution is 2.23. The molecule has 0 saturated carbocycles. The number of hydrogen-bond acceptors (Lipinski definition) is 3. The molecule has 1 aromatic carbocycles. The average Bonchev–Trinajstić information content (AvgIpc) is 2.24. The van der Waals surface area contributed by atoms with Gasteiger partial charge in [-0.15, -0.1) is 0 Å². The van der Waals surface area contributed by atoms with E-state index in [9.17, 15) is 35.2 Å². The van der Waals surface area contributed by atoms with Gasteiger partial charge in [0.05, 0.1) is 0 Å². The molecule has 11 heteroatoms. The molecule has 5 nitrogen and oxygen atoms in total. The van der Waals surface area contributed by atoms with Gasteiger partial charge in [0.2, 0.25) is 10.0 Å². The van der Waals surface area contributed by atoms with Gasteiger partial charge in [0.1, 0.15) is 22.8 Å². The average molecular weight is 332 g/mol. The summed E-state index contributed by atoms with van der Waals surface area (Å²) in [6.07, 6.45) is -4.78. The minimum absolute atomic E-state index is 0.00834. The van der Waals surface area contributed by atoms with Gasteiger partial charge in [-0.3, -0.25) is 4.79 Å². The summed E-state index contributed by atoms with van der Waals surface area (Å²) in [5.41, 5.74) is -1.42. The second-order valence-corrected chi connectivity index (χ2v) is 5.59. The van der Waals surface area contributed by atoms with E-state index in [0.717, 1.165) is 0 Å². The first-order valence-corrected chi connectivity index (χ1v) is 6.72. The maximum absolute atomic E-state index is 13.8. The highest BCUT2D eigenvalue weighted by atomic mass is 32.2. The van der Waals surface area contributed by atoms with E-state index in [1.54, 1.807) is 0 Å². The Morgan fingerprint density at radius 1 is 1.29 bits per heavy atom. The Bertz CT molecular complexity index is 672. The van der Waals surface area contributed by atoms with E-state index >= 15 is 0 Å². The van der Waals surface area contributed by atoms with Crippen LogP contribution in [0.2, 0.25) is 0 Å². The fourth-order valence-corrected chi connectivity index (χ4v) is 2.09. The second-order valence-electron chi connectivity index (χ2n) is 4.06. The van der Waals surface area contributed by atoms with Crippen LogP contribution < -0.4 is 5.14 Å². The van der Waals surface area contributed by atoms with Gasteiger partial charge in [-0.2, -0.15) is 13.2 Å². The summed E-state index contributed by atoms with van der Waals surface area (Å²) in [5.74, 6) is -5.00. The summed E-state index contributed by atoms with van der Waals surface area (Å²) in [6.45, 7) is -1.76. The van der Waals surface area contributed by atoms with Crippen molar-refractivity contribution < 1.29 is 35.2 Å². The lowest BCUT2D eigenvalue weighted by Gasteiger charge is -2.19. The Labute approximate surface area is 116 Å². The molecule has 0 aliphatic carbocycles. The summed E-state index contributed by atoms with van der Waals surface area (Å²) >= 11 is 0. The molecule has 0 unspecified atom stereocenters. The van der Waals surface area contributed by atoms with Gasteiger partial charge in [0.15, 0.2) is 5.82 Å². The number of carbonyl (C=O) groups is 1. The number of primary sulfonamides is 1. The topological polar surface area (TPSA) is 80.5 Å². The summed E-state index contributed by atoms with van der Waals surface area (Å²) < 4.78 is 85.9. The van der Waals surface area contributed by atoms with Crippen LogP contribution in [-0.4, -0.2) is 39.0 Å². The van der Waals surface area contributed by atoms with Gasteiger partial charge in [-0.05, 0) is 12.1 Å². The number of amides is 1. The molecule has 1 amide bonds. The van der Waals surface area contributed by atoms with Gasteiger partial charge in [-0.1, -0.05) is 0 Å². The first kappa shape index (κ1) is 17.3. The Morgan fingerprint density at radius 3 is 2.24 bits per heavy atom. The minimum atomic E-state index is -4.78. The maximum atomic E-state index is 13.8. The zero-order valence-corrected chi connectivity index (χ0v) is 11.2. The van der Waals surface area contributed by atoms with E-state index in [0.29, 0.717) is 19.2 Å². The van der Waals surface area contributed by atoms with E-state index in [1.807, 2.05) is 0 Å². The smallest absolute Gasteiger partial charge is 0.332 e. The van der Waals surface area contributed by atoms with Crippen molar-refractivity contribution in [2.24, 2.45) is 5.14 Å². The van der Waals surface area contributed by atoms with Crippen molar-refractivity contribution in [3.63, 3.8) is 0 Å². The van der Waals surface area contributed by atoms with Crippen LogP contribution in [0.5, 0.6) is 0 Å². The van der Waals surface area contributed by atoms with Crippen molar-refractivity contribution in [2.45, 2.75) is 11.1 Å². The van der Waals surface area contributed by atoms with Gasteiger partial charge < -0.3 is 4.90 Å². The van der Waals surface area contributed by atoms with Crippen molar-refractivity contribution in [1.29, 1.82) is 0 Å². The molecule has 0 aliphatic heterocycles. The van der Waals surface area contributed by atoms with Crippen LogP contribution >= 0.6 is 0 Å². The van der Waals surface area contributed by atoms with Crippen molar-refractivity contribution >= 4 is 15.9 Å². The molecule has 0 saturated heterocycles. The lowest BCUT2D eigenvalue weighted by Crippen LogP contribution is -2.37. The van der Waals surface area contributed by atoms with Crippen LogP contribution in [0.25, 0.3) is 0 Å². The molecule has 1 aromatic rings. The molecule has 0 bridgehead atoms. The van der Waals surface area contributed by atoms with Crippen LogP contribution in [-0.2, 0) is 10.0 Å². The Morgan fingerprint density at radius 2 is 1.81 bits per heavy atom. The molecule has 0 heterocycles. The van der Waals surface area contributed by atoms with E-state index in [4.69, 9.17) is 0 Å². The molecule has 0 atom stereocenters. The number of rotatable bonds is 3. The molecule has 0 radical (unpaired) electrons. The molecule has 0 aromatic heterocycles. The Kier molecular flexibility index (Phi) is 4.58. The van der Waals surface area contributed by atoms with Crippen LogP contribution in [0, 0.1) is 11.6 Å². The Hall–Kier alpha value is -1.75. The molecule has 1 rings (SSSR count). The summed E-state index contributed by atoms with van der Waals surface area (Å²) in [5, 5.41) is 4.66. The largest absolute Gasteiger partial charge is 0.406 e. The van der Waals surface area contributed by atoms with Crippen molar-refractivity contribution in [3.8, 4) is 0 Å². The predicted octanol–water partition coefficient (Wildman–Crippen LogP) is 1.25. The lowest BCUT2D eigenvalue weighted by molar-refractivity contribution is -0.138. The first-order valence-electron chi connectivity index (χ1n) is 5.17. The third-order valence-electron chi connectivity index (χ3n) is 2.34. The first-order chi connectivity index (χ1) is 9.34. The quantitative estimate of drug-likeness (QED) is 0.846. The number of nitrogens with two attached hydrogens (primary N) is 1. The van der Waals surface area contributed by atoms with Crippen molar-refractivity contribution in [3.05, 3.63) is 29.3 Å². The lowest BCUT2D eigenvalue weighted by atomic mass is 10.1. The predicted molar refractivity (Wildman–Crippen MR) is 60.7 cm³/mol. The van der Waals surface area contributed by atoms with Crippen LogP contribution in [0.1, 0.15) is 10.4 Å². The standard InChI is InChI=1S/C10H9F5N2O3S/c1-17(4-10(13,14)15)9(18)7-5(11)2-3-6(8(7)12)21(16,19)20/h2-3H,4H2,1H3,(H2,16,19,20).